The van der Waals surface area contributed by atoms with E-state index in [4.69, 9.17) is 10.00 Å². The molecule has 20 heavy (non-hydrogen) atoms. The van der Waals surface area contributed by atoms with Gasteiger partial charge in [0.25, 0.3) is 0 Å². The first-order valence-corrected chi connectivity index (χ1v) is 7.19. The summed E-state index contributed by atoms with van der Waals surface area (Å²) in [4.78, 5) is 10.8. The third-order valence-electron chi connectivity index (χ3n) is 4.13. The number of hydrogen-bond acceptors (Lipinski definition) is 5. The van der Waals surface area contributed by atoms with E-state index in [1.807, 2.05) is 6.07 Å². The Kier molecular flexibility index (Phi) is 3.14. The van der Waals surface area contributed by atoms with Crippen LogP contribution in [0.5, 0.6) is 0 Å². The van der Waals surface area contributed by atoms with Crippen LogP contribution in [-0.2, 0) is 4.74 Å². The lowest BCUT2D eigenvalue weighted by Gasteiger charge is -2.49. The quantitative estimate of drug-likeness (QED) is 0.785. The summed E-state index contributed by atoms with van der Waals surface area (Å²) in [5.74, 6) is 0.839. The maximum atomic E-state index is 8.80. The highest BCUT2D eigenvalue weighted by molar-refractivity contribution is 5.39. The van der Waals surface area contributed by atoms with Crippen LogP contribution in [0.1, 0.15) is 45.2 Å². The van der Waals surface area contributed by atoms with Gasteiger partial charge in [0, 0.05) is 13.1 Å². The zero-order valence-corrected chi connectivity index (χ0v) is 12.1. The maximum Gasteiger partial charge on any atom is 0.158 e. The molecule has 0 unspecified atom stereocenters. The number of aromatic nitrogens is 2. The maximum absolute atomic E-state index is 8.80. The van der Waals surface area contributed by atoms with Crippen LogP contribution in [0, 0.1) is 11.3 Å². The van der Waals surface area contributed by atoms with Crippen molar-refractivity contribution in [3.8, 4) is 6.07 Å². The standard InChI is InChI=1S/C15H20N4O/c1-14(2)10-19(11-15(20-14)5-3-4-6-15)13-9-17-12(7-16)8-18-13/h8-9H,3-6,10-11H2,1-2H3. The Morgan fingerprint density at radius 2 is 1.95 bits per heavy atom. The summed E-state index contributed by atoms with van der Waals surface area (Å²) < 4.78 is 6.38. The van der Waals surface area contributed by atoms with Crippen LogP contribution < -0.4 is 4.90 Å². The molecule has 2 fully saturated rings. The van der Waals surface area contributed by atoms with E-state index in [9.17, 15) is 0 Å². The van der Waals surface area contributed by atoms with Crippen molar-refractivity contribution >= 4 is 5.82 Å². The molecule has 2 aliphatic rings. The first-order chi connectivity index (χ1) is 9.52. The summed E-state index contributed by atoms with van der Waals surface area (Å²) in [6.45, 7) is 5.94. The molecule has 1 spiro atoms. The number of ether oxygens (including phenoxy) is 1. The molecular weight excluding hydrogens is 252 g/mol. The number of rotatable bonds is 1. The molecule has 1 aromatic heterocycles. The van der Waals surface area contributed by atoms with Gasteiger partial charge >= 0.3 is 0 Å². The molecule has 0 aromatic carbocycles. The highest BCUT2D eigenvalue weighted by Gasteiger charge is 2.46. The highest BCUT2D eigenvalue weighted by Crippen LogP contribution is 2.41. The lowest BCUT2D eigenvalue weighted by atomic mass is 9.94. The van der Waals surface area contributed by atoms with Gasteiger partial charge in [0.1, 0.15) is 11.9 Å². The Morgan fingerprint density at radius 1 is 1.20 bits per heavy atom. The van der Waals surface area contributed by atoms with Gasteiger partial charge in [-0.3, -0.25) is 0 Å². The van der Waals surface area contributed by atoms with E-state index in [-0.39, 0.29) is 11.2 Å². The van der Waals surface area contributed by atoms with Gasteiger partial charge in [-0.2, -0.15) is 5.26 Å². The van der Waals surface area contributed by atoms with E-state index >= 15 is 0 Å². The highest BCUT2D eigenvalue weighted by atomic mass is 16.5. The molecule has 0 atom stereocenters. The smallest absolute Gasteiger partial charge is 0.158 e. The largest absolute Gasteiger partial charge is 0.365 e. The molecule has 106 valence electrons. The van der Waals surface area contributed by atoms with Crippen molar-refractivity contribution in [1.29, 1.82) is 5.26 Å². The second-order valence-corrected chi connectivity index (χ2v) is 6.48. The van der Waals surface area contributed by atoms with E-state index in [0.717, 1.165) is 31.7 Å². The van der Waals surface area contributed by atoms with Gasteiger partial charge in [0.05, 0.1) is 23.6 Å². The topological polar surface area (TPSA) is 62.0 Å². The average molecular weight is 272 g/mol. The van der Waals surface area contributed by atoms with Crippen molar-refractivity contribution in [2.24, 2.45) is 0 Å². The molecule has 1 saturated carbocycles. The van der Waals surface area contributed by atoms with Crippen LogP contribution in [0.3, 0.4) is 0 Å². The molecule has 1 aliphatic carbocycles. The van der Waals surface area contributed by atoms with E-state index in [1.165, 1.54) is 12.8 Å². The number of nitrogens with zero attached hydrogens (tertiary/aromatic N) is 4. The van der Waals surface area contributed by atoms with Gasteiger partial charge in [-0.05, 0) is 26.7 Å². The minimum absolute atomic E-state index is 0.0304. The van der Waals surface area contributed by atoms with Crippen LogP contribution >= 0.6 is 0 Å². The van der Waals surface area contributed by atoms with Crippen LogP contribution in [0.25, 0.3) is 0 Å². The van der Waals surface area contributed by atoms with Crippen molar-refractivity contribution in [3.05, 3.63) is 18.1 Å². The number of hydrogen-bond donors (Lipinski definition) is 0. The lowest BCUT2D eigenvalue weighted by molar-refractivity contribution is -0.148. The molecule has 1 saturated heterocycles. The summed E-state index contributed by atoms with van der Waals surface area (Å²) in [5, 5.41) is 8.80. The Morgan fingerprint density at radius 3 is 2.55 bits per heavy atom. The van der Waals surface area contributed by atoms with Crippen molar-refractivity contribution in [2.75, 3.05) is 18.0 Å². The van der Waals surface area contributed by atoms with Gasteiger partial charge in [-0.15, -0.1) is 0 Å². The van der Waals surface area contributed by atoms with Crippen molar-refractivity contribution in [2.45, 2.75) is 50.7 Å². The number of morpholine rings is 1. The SMILES string of the molecule is CC1(C)CN(c2cnc(C#N)cn2)CC2(CCCC2)O1. The zero-order chi connectivity index (χ0) is 14.2. The Bertz CT molecular complexity index is 526. The van der Waals surface area contributed by atoms with E-state index in [1.54, 1.807) is 12.4 Å². The molecule has 0 amide bonds. The van der Waals surface area contributed by atoms with Crippen molar-refractivity contribution < 1.29 is 4.74 Å². The molecule has 5 nitrogen and oxygen atoms in total. The van der Waals surface area contributed by atoms with Crippen LogP contribution in [0.2, 0.25) is 0 Å². The second-order valence-electron chi connectivity index (χ2n) is 6.48. The fourth-order valence-electron chi connectivity index (χ4n) is 3.50. The minimum Gasteiger partial charge on any atom is -0.365 e. The molecule has 0 radical (unpaired) electrons. The van der Waals surface area contributed by atoms with Crippen molar-refractivity contribution in [3.63, 3.8) is 0 Å². The fraction of sp³-hybridized carbons (Fsp3) is 0.667. The van der Waals surface area contributed by atoms with Gasteiger partial charge < -0.3 is 9.64 Å². The molecule has 5 heteroatoms. The molecule has 0 N–H and O–H groups in total. The van der Waals surface area contributed by atoms with Gasteiger partial charge in [0.2, 0.25) is 0 Å². The van der Waals surface area contributed by atoms with Gasteiger partial charge in [-0.1, -0.05) is 12.8 Å². The van der Waals surface area contributed by atoms with E-state index < -0.39 is 0 Å². The third-order valence-corrected chi connectivity index (χ3v) is 4.13. The Hall–Kier alpha value is -1.67. The van der Waals surface area contributed by atoms with Gasteiger partial charge in [-0.25, -0.2) is 9.97 Å². The molecule has 3 rings (SSSR count). The number of anilines is 1. The predicted octanol–water partition coefficient (Wildman–Crippen LogP) is 2.28. The number of nitriles is 1. The molecular formula is C15H20N4O. The Labute approximate surface area is 119 Å². The van der Waals surface area contributed by atoms with E-state index in [0.29, 0.717) is 5.69 Å². The summed E-state index contributed by atoms with van der Waals surface area (Å²) >= 11 is 0. The fourth-order valence-corrected chi connectivity index (χ4v) is 3.50. The Balaban J connectivity index is 1.86. The summed E-state index contributed by atoms with van der Waals surface area (Å²) in [6.07, 6.45) is 7.96. The average Bonchev–Trinajstić information content (AvgIpc) is 2.84. The summed E-state index contributed by atoms with van der Waals surface area (Å²) in [6, 6.07) is 2.01. The summed E-state index contributed by atoms with van der Waals surface area (Å²) in [7, 11) is 0. The molecule has 2 heterocycles. The monoisotopic (exact) mass is 272 g/mol. The van der Waals surface area contributed by atoms with Crippen molar-refractivity contribution in [1.82, 2.24) is 9.97 Å². The zero-order valence-electron chi connectivity index (χ0n) is 12.1. The normalized spacial score (nSPS) is 23.8. The molecule has 1 aromatic rings. The first kappa shape index (κ1) is 13.3. The van der Waals surface area contributed by atoms with Crippen LogP contribution in [-0.4, -0.2) is 34.3 Å². The first-order valence-electron chi connectivity index (χ1n) is 7.19. The van der Waals surface area contributed by atoms with Crippen LogP contribution in [0.15, 0.2) is 12.4 Å². The van der Waals surface area contributed by atoms with E-state index in [2.05, 4.69) is 28.7 Å². The molecule has 0 bridgehead atoms. The van der Waals surface area contributed by atoms with Gasteiger partial charge in [0.15, 0.2) is 5.69 Å². The predicted molar refractivity (Wildman–Crippen MR) is 75.3 cm³/mol. The minimum atomic E-state index is -0.182. The molecule has 1 aliphatic heterocycles. The second kappa shape index (κ2) is 4.71. The summed E-state index contributed by atoms with van der Waals surface area (Å²) in [5.41, 5.74) is 0.145. The van der Waals surface area contributed by atoms with Crippen LogP contribution in [0.4, 0.5) is 5.82 Å². The lowest BCUT2D eigenvalue weighted by Crippen LogP contribution is -2.59. The third kappa shape index (κ3) is 2.48.